The maximum absolute atomic E-state index is 13.1. The van der Waals surface area contributed by atoms with E-state index in [1.54, 1.807) is 12.3 Å². The largest absolute Gasteiger partial charge is 0.486 e. The molecule has 0 bridgehead atoms. The molecule has 5 rings (SSSR count). The zero-order valence-corrected chi connectivity index (χ0v) is 16.8. The molecule has 2 aromatic carbocycles. The molecule has 0 atom stereocenters. The summed E-state index contributed by atoms with van der Waals surface area (Å²) in [6, 6.07) is 9.15. The van der Waals surface area contributed by atoms with E-state index in [0.717, 1.165) is 16.5 Å². The molecule has 6 nitrogen and oxygen atoms in total. The fourth-order valence-electron chi connectivity index (χ4n) is 4.33. The molecule has 148 valence electrons. The average molecular weight is 410 g/mol. The summed E-state index contributed by atoms with van der Waals surface area (Å²) in [7, 11) is 0. The van der Waals surface area contributed by atoms with Gasteiger partial charge >= 0.3 is 0 Å². The summed E-state index contributed by atoms with van der Waals surface area (Å²) >= 11 is 6.17. The molecule has 1 aromatic heterocycles. The molecule has 29 heavy (non-hydrogen) atoms. The van der Waals surface area contributed by atoms with Gasteiger partial charge in [0.25, 0.3) is 5.91 Å². The number of ketones is 1. The third kappa shape index (κ3) is 2.99. The number of amides is 1. The Hall–Kier alpha value is -2.86. The fraction of sp³-hybridized carbons (Fsp3) is 0.318. The van der Waals surface area contributed by atoms with E-state index in [1.807, 2.05) is 36.1 Å². The molecule has 0 saturated carbocycles. The SMILES string of the molecule is Cc1cc2c(cc1Cl)C(=O)CC1(CCN(C(=O)c3cccc4cn[nH]c34)CC1)O2. The van der Waals surface area contributed by atoms with Crippen LogP contribution in [0.5, 0.6) is 5.75 Å². The van der Waals surface area contributed by atoms with Crippen LogP contribution in [-0.2, 0) is 0 Å². The number of carbonyl (C=O) groups is 2. The maximum Gasteiger partial charge on any atom is 0.256 e. The number of aromatic amines is 1. The van der Waals surface area contributed by atoms with Gasteiger partial charge in [0.1, 0.15) is 11.4 Å². The number of fused-ring (bicyclic) bond motifs is 2. The number of piperidine rings is 1. The number of likely N-dealkylation sites (tertiary alicyclic amines) is 1. The molecule has 1 saturated heterocycles. The van der Waals surface area contributed by atoms with Crippen LogP contribution in [0.3, 0.4) is 0 Å². The highest BCUT2D eigenvalue weighted by Crippen LogP contribution is 2.41. The first-order chi connectivity index (χ1) is 14.0. The average Bonchev–Trinajstić information content (AvgIpc) is 3.19. The summed E-state index contributed by atoms with van der Waals surface area (Å²) < 4.78 is 6.32. The molecule has 1 amide bonds. The van der Waals surface area contributed by atoms with Crippen LogP contribution in [0.4, 0.5) is 0 Å². The van der Waals surface area contributed by atoms with Gasteiger partial charge in [0.05, 0.1) is 29.3 Å². The van der Waals surface area contributed by atoms with Gasteiger partial charge in [-0.2, -0.15) is 5.10 Å². The van der Waals surface area contributed by atoms with Gasteiger partial charge < -0.3 is 9.64 Å². The summed E-state index contributed by atoms with van der Waals surface area (Å²) in [5.74, 6) is 0.625. The number of hydrogen-bond donors (Lipinski definition) is 1. The molecule has 1 fully saturated rings. The van der Waals surface area contributed by atoms with Crippen molar-refractivity contribution in [2.24, 2.45) is 0 Å². The van der Waals surface area contributed by atoms with Crippen LogP contribution in [0.1, 0.15) is 45.5 Å². The second-order valence-corrected chi connectivity index (χ2v) is 8.32. The number of halogens is 1. The Morgan fingerprint density at radius 1 is 1.28 bits per heavy atom. The fourth-order valence-corrected chi connectivity index (χ4v) is 4.49. The minimum absolute atomic E-state index is 0.0279. The Morgan fingerprint density at radius 2 is 2.07 bits per heavy atom. The molecule has 2 aliphatic heterocycles. The Labute approximate surface area is 172 Å². The summed E-state index contributed by atoms with van der Waals surface area (Å²) in [5.41, 5.74) is 2.25. The predicted molar refractivity (Wildman–Crippen MR) is 110 cm³/mol. The van der Waals surface area contributed by atoms with E-state index in [0.29, 0.717) is 54.3 Å². The van der Waals surface area contributed by atoms with E-state index < -0.39 is 5.60 Å². The van der Waals surface area contributed by atoms with Crippen LogP contribution in [0, 0.1) is 6.92 Å². The van der Waals surface area contributed by atoms with Gasteiger partial charge in [-0.3, -0.25) is 14.7 Å². The Balaban J connectivity index is 1.36. The Morgan fingerprint density at radius 3 is 2.86 bits per heavy atom. The predicted octanol–water partition coefficient (Wildman–Crippen LogP) is 4.16. The van der Waals surface area contributed by atoms with Gasteiger partial charge in [0, 0.05) is 36.3 Å². The van der Waals surface area contributed by atoms with Crippen LogP contribution in [-0.4, -0.2) is 45.5 Å². The van der Waals surface area contributed by atoms with E-state index >= 15 is 0 Å². The number of carbonyl (C=O) groups excluding carboxylic acids is 2. The van der Waals surface area contributed by atoms with Crippen molar-refractivity contribution in [3.05, 3.63) is 58.2 Å². The van der Waals surface area contributed by atoms with Crippen molar-refractivity contribution in [2.75, 3.05) is 13.1 Å². The molecule has 0 aliphatic carbocycles. The second kappa shape index (κ2) is 6.59. The van der Waals surface area contributed by atoms with Crippen LogP contribution in [0.2, 0.25) is 5.02 Å². The number of ether oxygens (including phenoxy) is 1. The van der Waals surface area contributed by atoms with Crippen LogP contribution >= 0.6 is 11.6 Å². The first kappa shape index (κ1) is 18.2. The molecular formula is C22H20ClN3O3. The van der Waals surface area contributed by atoms with E-state index in [9.17, 15) is 9.59 Å². The summed E-state index contributed by atoms with van der Waals surface area (Å²) in [6.45, 7) is 2.98. The zero-order chi connectivity index (χ0) is 20.2. The van der Waals surface area contributed by atoms with E-state index in [4.69, 9.17) is 16.3 Å². The van der Waals surface area contributed by atoms with Crippen LogP contribution in [0.25, 0.3) is 10.9 Å². The van der Waals surface area contributed by atoms with Crippen LogP contribution < -0.4 is 4.74 Å². The molecule has 1 spiro atoms. The van der Waals surface area contributed by atoms with Gasteiger partial charge in [-0.05, 0) is 30.7 Å². The minimum atomic E-state index is -0.554. The number of rotatable bonds is 1. The number of hydrogen-bond acceptors (Lipinski definition) is 4. The molecule has 0 unspecified atom stereocenters. The lowest BCUT2D eigenvalue weighted by molar-refractivity contribution is -0.00568. The van der Waals surface area contributed by atoms with Crippen molar-refractivity contribution in [3.63, 3.8) is 0 Å². The molecule has 2 aliphatic rings. The number of nitrogens with zero attached hydrogens (tertiary/aromatic N) is 2. The van der Waals surface area contributed by atoms with Gasteiger partial charge in [0.2, 0.25) is 0 Å². The molecular weight excluding hydrogens is 390 g/mol. The van der Waals surface area contributed by atoms with Gasteiger partial charge in [-0.25, -0.2) is 0 Å². The van der Waals surface area contributed by atoms with Crippen molar-refractivity contribution in [1.29, 1.82) is 0 Å². The standard InChI is InChI=1S/C22H20ClN3O3/c1-13-9-19-16(10-17(13)23)18(27)11-22(29-19)5-7-26(8-6-22)21(28)15-4-2-3-14-12-24-25-20(14)15/h2-4,9-10,12H,5-8,11H2,1H3,(H,24,25). The highest BCUT2D eigenvalue weighted by molar-refractivity contribution is 6.31. The molecule has 1 N–H and O–H groups in total. The number of H-pyrrole nitrogens is 1. The Kier molecular flexibility index (Phi) is 4.13. The topological polar surface area (TPSA) is 75.3 Å². The molecule has 0 radical (unpaired) electrons. The molecule has 7 heteroatoms. The van der Waals surface area contributed by atoms with E-state index in [1.165, 1.54) is 0 Å². The maximum atomic E-state index is 13.1. The third-order valence-electron chi connectivity index (χ3n) is 6.04. The summed E-state index contributed by atoms with van der Waals surface area (Å²) in [5, 5.41) is 8.44. The van der Waals surface area contributed by atoms with Gasteiger partial charge in [0.15, 0.2) is 5.78 Å². The normalized spacial score (nSPS) is 18.0. The first-order valence-electron chi connectivity index (χ1n) is 9.69. The molecule has 3 aromatic rings. The van der Waals surface area contributed by atoms with Crippen LogP contribution in [0.15, 0.2) is 36.5 Å². The lowest BCUT2D eigenvalue weighted by atomic mass is 9.82. The number of aromatic nitrogens is 2. The third-order valence-corrected chi connectivity index (χ3v) is 6.45. The smallest absolute Gasteiger partial charge is 0.256 e. The number of Topliss-reactive ketones (excluding diaryl/α,β-unsaturated/α-hetero) is 1. The van der Waals surface area contributed by atoms with Crippen molar-refractivity contribution >= 4 is 34.2 Å². The lowest BCUT2D eigenvalue weighted by Crippen LogP contribution is -2.52. The van der Waals surface area contributed by atoms with Crippen molar-refractivity contribution in [2.45, 2.75) is 31.8 Å². The molecule has 3 heterocycles. The van der Waals surface area contributed by atoms with E-state index in [-0.39, 0.29) is 11.7 Å². The number of benzene rings is 2. The van der Waals surface area contributed by atoms with Gasteiger partial charge in [-0.15, -0.1) is 0 Å². The number of nitrogens with one attached hydrogen (secondary N) is 1. The highest BCUT2D eigenvalue weighted by Gasteiger charge is 2.44. The van der Waals surface area contributed by atoms with Crippen molar-refractivity contribution < 1.29 is 14.3 Å². The highest BCUT2D eigenvalue weighted by atomic mass is 35.5. The van der Waals surface area contributed by atoms with E-state index in [2.05, 4.69) is 10.2 Å². The lowest BCUT2D eigenvalue weighted by Gasteiger charge is -2.44. The first-order valence-corrected chi connectivity index (χ1v) is 10.1. The summed E-state index contributed by atoms with van der Waals surface area (Å²) in [4.78, 5) is 27.7. The summed E-state index contributed by atoms with van der Waals surface area (Å²) in [6.07, 6.45) is 3.26. The zero-order valence-electron chi connectivity index (χ0n) is 16.0. The number of para-hydroxylation sites is 1. The van der Waals surface area contributed by atoms with Crippen molar-refractivity contribution in [1.82, 2.24) is 15.1 Å². The second-order valence-electron chi connectivity index (χ2n) is 7.91. The monoisotopic (exact) mass is 409 g/mol. The van der Waals surface area contributed by atoms with Crippen molar-refractivity contribution in [3.8, 4) is 5.75 Å². The van der Waals surface area contributed by atoms with Gasteiger partial charge in [-0.1, -0.05) is 23.7 Å². The quantitative estimate of drug-likeness (QED) is 0.654. The minimum Gasteiger partial charge on any atom is -0.486 e. The Bertz CT molecular complexity index is 1150. The number of aryl methyl sites for hydroxylation is 1.